The molecule has 3 rings (SSSR count). The number of carbonyl (C=O) groups excluding carboxylic acids is 1. The van der Waals surface area contributed by atoms with Crippen molar-refractivity contribution in [3.8, 4) is 0 Å². The predicted octanol–water partition coefficient (Wildman–Crippen LogP) is 2.22. The summed E-state index contributed by atoms with van der Waals surface area (Å²) in [6.07, 6.45) is 5.55. The fourth-order valence-corrected chi connectivity index (χ4v) is 3.56. The highest BCUT2D eigenvalue weighted by atomic mass is 16.2. The maximum atomic E-state index is 12.4. The van der Waals surface area contributed by atoms with E-state index in [1.165, 1.54) is 19.3 Å². The van der Waals surface area contributed by atoms with Gasteiger partial charge in [-0.2, -0.15) is 0 Å². The lowest BCUT2D eigenvalue weighted by Crippen LogP contribution is -2.46. The number of hydrogen-bond donors (Lipinski definition) is 1. The molecule has 2 atom stereocenters. The van der Waals surface area contributed by atoms with Gasteiger partial charge in [0.1, 0.15) is 0 Å². The van der Waals surface area contributed by atoms with Crippen LogP contribution in [0.4, 0.5) is 0 Å². The largest absolute Gasteiger partial charge is 0.342 e. The molecule has 3 nitrogen and oxygen atoms in total. The van der Waals surface area contributed by atoms with Gasteiger partial charge in [0.15, 0.2) is 0 Å². The van der Waals surface area contributed by atoms with Crippen LogP contribution in [-0.2, 0) is 11.2 Å². The lowest BCUT2D eigenvalue weighted by Gasteiger charge is -2.36. The lowest BCUT2D eigenvalue weighted by molar-refractivity contribution is -0.132. The first-order valence-corrected chi connectivity index (χ1v) is 7.88. The summed E-state index contributed by atoms with van der Waals surface area (Å²) >= 11 is 0. The Balaban J connectivity index is 1.57. The molecule has 2 heterocycles. The molecule has 1 amide bonds. The van der Waals surface area contributed by atoms with Crippen molar-refractivity contribution in [2.24, 2.45) is 5.92 Å². The first-order valence-electron chi connectivity index (χ1n) is 7.88. The maximum Gasteiger partial charge on any atom is 0.226 e. The summed E-state index contributed by atoms with van der Waals surface area (Å²) in [5.41, 5.74) is 1.12. The number of rotatable bonds is 3. The highest BCUT2D eigenvalue weighted by Crippen LogP contribution is 2.25. The Morgan fingerprint density at radius 2 is 2.05 bits per heavy atom. The molecule has 20 heavy (non-hydrogen) atoms. The monoisotopic (exact) mass is 272 g/mol. The zero-order valence-electron chi connectivity index (χ0n) is 12.1. The van der Waals surface area contributed by atoms with Crippen molar-refractivity contribution < 1.29 is 4.79 Å². The average Bonchev–Trinajstić information content (AvgIpc) is 3.03. The Bertz CT molecular complexity index is 440. The molecule has 3 heteroatoms. The molecule has 0 bridgehead atoms. The fourth-order valence-electron chi connectivity index (χ4n) is 3.56. The number of piperidine rings is 1. The van der Waals surface area contributed by atoms with E-state index in [9.17, 15) is 4.79 Å². The minimum Gasteiger partial charge on any atom is -0.342 e. The predicted molar refractivity (Wildman–Crippen MR) is 80.5 cm³/mol. The van der Waals surface area contributed by atoms with E-state index in [4.69, 9.17) is 0 Å². The molecule has 2 saturated heterocycles. The molecule has 1 N–H and O–H groups in total. The quantitative estimate of drug-likeness (QED) is 0.915. The van der Waals surface area contributed by atoms with Gasteiger partial charge in [-0.15, -0.1) is 0 Å². The van der Waals surface area contributed by atoms with Gasteiger partial charge in [0.05, 0.1) is 6.42 Å². The van der Waals surface area contributed by atoms with Crippen molar-refractivity contribution in [3.63, 3.8) is 0 Å². The fraction of sp³-hybridized carbons (Fsp3) is 0.588. The van der Waals surface area contributed by atoms with Crippen molar-refractivity contribution in [1.29, 1.82) is 0 Å². The number of nitrogens with zero attached hydrogens (tertiary/aromatic N) is 1. The van der Waals surface area contributed by atoms with E-state index in [-0.39, 0.29) is 0 Å². The molecule has 0 radical (unpaired) electrons. The summed E-state index contributed by atoms with van der Waals surface area (Å²) in [6.45, 7) is 3.04. The molecular weight excluding hydrogens is 248 g/mol. The van der Waals surface area contributed by atoms with E-state index in [1.54, 1.807) is 0 Å². The van der Waals surface area contributed by atoms with Crippen LogP contribution in [0.25, 0.3) is 0 Å². The van der Waals surface area contributed by atoms with Gasteiger partial charge in [-0.25, -0.2) is 0 Å². The Labute approximate surface area is 121 Å². The summed E-state index contributed by atoms with van der Waals surface area (Å²) in [7, 11) is 0. The SMILES string of the molecule is O=C(Cc1ccccc1)N1CCCC(C2CCCN2)C1. The second-order valence-electron chi connectivity index (χ2n) is 6.11. The van der Waals surface area contributed by atoms with Gasteiger partial charge in [0.25, 0.3) is 0 Å². The number of nitrogens with one attached hydrogen (secondary N) is 1. The molecule has 0 spiro atoms. The van der Waals surface area contributed by atoms with E-state index < -0.39 is 0 Å². The summed E-state index contributed by atoms with van der Waals surface area (Å²) in [5, 5.41) is 3.60. The van der Waals surface area contributed by atoms with E-state index in [1.807, 2.05) is 30.3 Å². The molecule has 0 aliphatic carbocycles. The molecule has 2 aliphatic heterocycles. The van der Waals surface area contributed by atoms with Gasteiger partial charge in [-0.3, -0.25) is 4.79 Å². The standard InChI is InChI=1S/C17H24N2O/c20-17(12-14-6-2-1-3-7-14)19-11-5-8-15(13-19)16-9-4-10-18-16/h1-3,6-7,15-16,18H,4-5,8-13H2. The van der Waals surface area contributed by atoms with Gasteiger partial charge in [-0.05, 0) is 43.7 Å². The van der Waals surface area contributed by atoms with E-state index in [2.05, 4.69) is 10.2 Å². The van der Waals surface area contributed by atoms with Crippen molar-refractivity contribution in [2.45, 2.75) is 38.1 Å². The van der Waals surface area contributed by atoms with Crippen LogP contribution in [-0.4, -0.2) is 36.5 Å². The molecule has 1 aromatic carbocycles. The second-order valence-corrected chi connectivity index (χ2v) is 6.11. The molecule has 108 valence electrons. The van der Waals surface area contributed by atoms with E-state index in [0.29, 0.717) is 24.3 Å². The number of benzene rings is 1. The number of likely N-dealkylation sites (tertiary alicyclic amines) is 1. The first kappa shape index (κ1) is 13.6. The number of carbonyl (C=O) groups is 1. The maximum absolute atomic E-state index is 12.4. The Morgan fingerprint density at radius 3 is 2.80 bits per heavy atom. The van der Waals surface area contributed by atoms with Gasteiger partial charge in [0.2, 0.25) is 5.91 Å². The van der Waals surface area contributed by atoms with Crippen LogP contribution in [0.3, 0.4) is 0 Å². The normalized spacial score (nSPS) is 26.7. The minimum absolute atomic E-state index is 0.291. The van der Waals surface area contributed by atoms with E-state index >= 15 is 0 Å². The van der Waals surface area contributed by atoms with Gasteiger partial charge < -0.3 is 10.2 Å². The third-order valence-corrected chi connectivity index (χ3v) is 4.68. The molecule has 2 fully saturated rings. The summed E-state index contributed by atoms with van der Waals surface area (Å²) in [6, 6.07) is 10.7. The Hall–Kier alpha value is -1.35. The average molecular weight is 272 g/mol. The van der Waals surface area contributed by atoms with Gasteiger partial charge in [0, 0.05) is 19.1 Å². The zero-order valence-corrected chi connectivity index (χ0v) is 12.1. The Morgan fingerprint density at radius 1 is 1.20 bits per heavy atom. The summed E-state index contributed by atoms with van der Waals surface area (Å²) < 4.78 is 0. The van der Waals surface area contributed by atoms with Crippen molar-refractivity contribution in [3.05, 3.63) is 35.9 Å². The van der Waals surface area contributed by atoms with Crippen LogP contribution >= 0.6 is 0 Å². The van der Waals surface area contributed by atoms with Crippen molar-refractivity contribution >= 4 is 5.91 Å². The third-order valence-electron chi connectivity index (χ3n) is 4.68. The number of amides is 1. The molecule has 2 aliphatic rings. The third kappa shape index (κ3) is 3.21. The highest BCUT2D eigenvalue weighted by Gasteiger charge is 2.30. The van der Waals surface area contributed by atoms with Crippen LogP contribution in [0.2, 0.25) is 0 Å². The van der Waals surface area contributed by atoms with Crippen LogP contribution in [0.15, 0.2) is 30.3 Å². The molecule has 0 aromatic heterocycles. The second kappa shape index (κ2) is 6.40. The van der Waals surface area contributed by atoms with Crippen molar-refractivity contribution in [1.82, 2.24) is 10.2 Å². The lowest BCUT2D eigenvalue weighted by atomic mass is 9.89. The van der Waals surface area contributed by atoms with Crippen molar-refractivity contribution in [2.75, 3.05) is 19.6 Å². The number of hydrogen-bond acceptors (Lipinski definition) is 2. The van der Waals surface area contributed by atoms with Gasteiger partial charge >= 0.3 is 0 Å². The molecule has 0 saturated carbocycles. The molecular formula is C17H24N2O. The zero-order chi connectivity index (χ0) is 13.8. The van der Waals surface area contributed by atoms with E-state index in [0.717, 1.165) is 31.6 Å². The van der Waals surface area contributed by atoms with Crippen LogP contribution in [0, 0.1) is 5.92 Å². The summed E-state index contributed by atoms with van der Waals surface area (Å²) in [4.78, 5) is 14.5. The minimum atomic E-state index is 0.291. The topological polar surface area (TPSA) is 32.3 Å². The van der Waals surface area contributed by atoms with Crippen LogP contribution < -0.4 is 5.32 Å². The molecule has 2 unspecified atom stereocenters. The van der Waals surface area contributed by atoms with Crippen LogP contribution in [0.5, 0.6) is 0 Å². The Kier molecular flexibility index (Phi) is 4.36. The summed E-state index contributed by atoms with van der Waals surface area (Å²) in [5.74, 6) is 0.949. The smallest absolute Gasteiger partial charge is 0.226 e. The first-order chi connectivity index (χ1) is 9.83. The van der Waals surface area contributed by atoms with Gasteiger partial charge in [-0.1, -0.05) is 30.3 Å². The highest BCUT2D eigenvalue weighted by molar-refractivity contribution is 5.78. The molecule has 1 aromatic rings. The van der Waals surface area contributed by atoms with Crippen LogP contribution in [0.1, 0.15) is 31.2 Å².